The highest BCUT2D eigenvalue weighted by atomic mass is 16.1. The lowest BCUT2D eigenvalue weighted by atomic mass is 10.0. The van der Waals surface area contributed by atoms with Gasteiger partial charge >= 0.3 is 0 Å². The number of benzene rings is 1. The predicted octanol–water partition coefficient (Wildman–Crippen LogP) is 1.81. The summed E-state index contributed by atoms with van der Waals surface area (Å²) in [6.07, 6.45) is 0.917. The molecule has 2 rings (SSSR count). The van der Waals surface area contributed by atoms with Crippen LogP contribution in [-0.4, -0.2) is 49.3 Å². The van der Waals surface area contributed by atoms with Crippen LogP contribution in [0, 0.1) is 0 Å². The fourth-order valence-corrected chi connectivity index (χ4v) is 2.31. The summed E-state index contributed by atoms with van der Waals surface area (Å²) in [5, 5.41) is 0. The number of rotatable bonds is 3. The first-order valence-electron chi connectivity index (χ1n) is 6.18. The number of hydrogen-bond acceptors (Lipinski definition) is 3. The molecule has 0 aromatic heterocycles. The van der Waals surface area contributed by atoms with Crippen LogP contribution in [0.25, 0.3) is 0 Å². The van der Waals surface area contributed by atoms with Crippen molar-refractivity contribution in [2.45, 2.75) is 13.0 Å². The molecule has 1 aromatic carbocycles. The van der Waals surface area contributed by atoms with E-state index in [0.29, 0.717) is 6.04 Å². The number of likely N-dealkylation sites (N-methyl/N-ethyl adjacent to an activating group) is 1. The molecule has 1 heterocycles. The van der Waals surface area contributed by atoms with E-state index in [2.05, 4.69) is 29.8 Å². The minimum absolute atomic E-state index is 0.392. The third kappa shape index (κ3) is 2.93. The zero-order valence-corrected chi connectivity index (χ0v) is 10.6. The number of carbonyl (C=O) groups excluding carboxylic acids is 1. The SMILES string of the molecule is CC(c1cccc(C=O)c1)N1CCN(C)CC1. The highest BCUT2D eigenvalue weighted by molar-refractivity contribution is 5.74. The Morgan fingerprint density at radius 3 is 2.59 bits per heavy atom. The zero-order chi connectivity index (χ0) is 12.3. The number of aldehydes is 1. The van der Waals surface area contributed by atoms with E-state index in [9.17, 15) is 4.79 Å². The number of hydrogen-bond donors (Lipinski definition) is 0. The van der Waals surface area contributed by atoms with Crippen molar-refractivity contribution in [3.8, 4) is 0 Å². The molecule has 0 aliphatic carbocycles. The van der Waals surface area contributed by atoms with Gasteiger partial charge in [-0.3, -0.25) is 9.69 Å². The first-order chi connectivity index (χ1) is 8.20. The second-order valence-electron chi connectivity index (χ2n) is 4.80. The van der Waals surface area contributed by atoms with E-state index in [1.807, 2.05) is 18.2 Å². The van der Waals surface area contributed by atoms with Gasteiger partial charge in [-0.2, -0.15) is 0 Å². The quantitative estimate of drug-likeness (QED) is 0.743. The Hall–Kier alpha value is -1.19. The molecule has 1 atom stereocenters. The molecule has 0 bridgehead atoms. The van der Waals surface area contributed by atoms with Crippen molar-refractivity contribution in [1.29, 1.82) is 0 Å². The van der Waals surface area contributed by atoms with Gasteiger partial charge in [0.15, 0.2) is 0 Å². The highest BCUT2D eigenvalue weighted by Crippen LogP contribution is 2.21. The van der Waals surface area contributed by atoms with Gasteiger partial charge < -0.3 is 4.90 Å². The second kappa shape index (κ2) is 5.43. The second-order valence-corrected chi connectivity index (χ2v) is 4.80. The molecular formula is C14H20N2O. The van der Waals surface area contributed by atoms with Crippen molar-refractivity contribution in [3.05, 3.63) is 35.4 Å². The molecule has 1 aromatic rings. The molecule has 0 amide bonds. The monoisotopic (exact) mass is 232 g/mol. The molecule has 1 saturated heterocycles. The number of carbonyl (C=O) groups is 1. The Morgan fingerprint density at radius 1 is 1.24 bits per heavy atom. The Balaban J connectivity index is 2.08. The van der Waals surface area contributed by atoms with Gasteiger partial charge in [0.25, 0.3) is 0 Å². The Kier molecular flexibility index (Phi) is 3.92. The summed E-state index contributed by atoms with van der Waals surface area (Å²) in [5.74, 6) is 0. The van der Waals surface area contributed by atoms with Gasteiger partial charge in [0, 0.05) is 37.8 Å². The lowest BCUT2D eigenvalue weighted by Gasteiger charge is -2.36. The van der Waals surface area contributed by atoms with E-state index in [1.54, 1.807) is 0 Å². The molecule has 92 valence electrons. The Morgan fingerprint density at radius 2 is 1.94 bits per heavy atom. The maximum Gasteiger partial charge on any atom is 0.150 e. The van der Waals surface area contributed by atoms with Crippen LogP contribution in [0.4, 0.5) is 0 Å². The molecule has 0 saturated carbocycles. The average Bonchev–Trinajstić information content (AvgIpc) is 2.39. The summed E-state index contributed by atoms with van der Waals surface area (Å²) in [6, 6.07) is 8.31. The van der Waals surface area contributed by atoms with Crippen LogP contribution in [0.5, 0.6) is 0 Å². The van der Waals surface area contributed by atoms with Crippen LogP contribution in [0.3, 0.4) is 0 Å². The summed E-state index contributed by atoms with van der Waals surface area (Å²) < 4.78 is 0. The fraction of sp³-hybridized carbons (Fsp3) is 0.500. The maximum atomic E-state index is 10.8. The van der Waals surface area contributed by atoms with Gasteiger partial charge in [0.1, 0.15) is 6.29 Å². The normalized spacial score (nSPS) is 20.1. The van der Waals surface area contributed by atoms with Crippen LogP contribution in [-0.2, 0) is 0 Å². The van der Waals surface area contributed by atoms with Crippen molar-refractivity contribution >= 4 is 6.29 Å². The average molecular weight is 232 g/mol. The summed E-state index contributed by atoms with van der Waals surface area (Å²) >= 11 is 0. The first kappa shape index (κ1) is 12.3. The van der Waals surface area contributed by atoms with Crippen LogP contribution in [0.1, 0.15) is 28.9 Å². The molecule has 1 aliphatic rings. The molecule has 1 fully saturated rings. The minimum Gasteiger partial charge on any atom is -0.304 e. The summed E-state index contributed by atoms with van der Waals surface area (Å²) in [4.78, 5) is 15.6. The van der Waals surface area contributed by atoms with Crippen LogP contribution >= 0.6 is 0 Å². The van der Waals surface area contributed by atoms with Gasteiger partial charge in [0.05, 0.1) is 0 Å². The van der Waals surface area contributed by atoms with Gasteiger partial charge in [-0.15, -0.1) is 0 Å². The predicted molar refractivity (Wildman–Crippen MR) is 69.3 cm³/mol. The number of nitrogens with zero attached hydrogens (tertiary/aromatic N) is 2. The summed E-state index contributed by atoms with van der Waals surface area (Å²) in [6.45, 7) is 6.66. The van der Waals surface area contributed by atoms with Crippen molar-refractivity contribution in [3.63, 3.8) is 0 Å². The number of piperazine rings is 1. The Labute approximate surface area is 103 Å². The molecule has 3 nitrogen and oxygen atoms in total. The van der Waals surface area contributed by atoms with Crippen molar-refractivity contribution < 1.29 is 4.79 Å². The van der Waals surface area contributed by atoms with Crippen molar-refractivity contribution in [1.82, 2.24) is 9.80 Å². The first-order valence-corrected chi connectivity index (χ1v) is 6.18. The van der Waals surface area contributed by atoms with Gasteiger partial charge in [-0.25, -0.2) is 0 Å². The van der Waals surface area contributed by atoms with E-state index in [4.69, 9.17) is 0 Å². The molecular weight excluding hydrogens is 212 g/mol. The van der Waals surface area contributed by atoms with E-state index in [1.165, 1.54) is 5.56 Å². The third-order valence-electron chi connectivity index (χ3n) is 3.61. The van der Waals surface area contributed by atoms with Gasteiger partial charge in [-0.05, 0) is 25.6 Å². The van der Waals surface area contributed by atoms with Crippen molar-refractivity contribution in [2.75, 3.05) is 33.2 Å². The molecule has 17 heavy (non-hydrogen) atoms. The zero-order valence-electron chi connectivity index (χ0n) is 10.6. The fourth-order valence-electron chi connectivity index (χ4n) is 2.31. The smallest absolute Gasteiger partial charge is 0.150 e. The molecule has 1 unspecified atom stereocenters. The van der Waals surface area contributed by atoms with Crippen molar-refractivity contribution in [2.24, 2.45) is 0 Å². The molecule has 0 spiro atoms. The topological polar surface area (TPSA) is 23.6 Å². The lowest BCUT2D eigenvalue weighted by Crippen LogP contribution is -2.45. The molecule has 1 aliphatic heterocycles. The molecule has 3 heteroatoms. The van der Waals surface area contributed by atoms with Crippen LogP contribution < -0.4 is 0 Å². The van der Waals surface area contributed by atoms with E-state index in [-0.39, 0.29) is 0 Å². The van der Waals surface area contributed by atoms with E-state index < -0.39 is 0 Å². The highest BCUT2D eigenvalue weighted by Gasteiger charge is 2.20. The Bertz CT molecular complexity index is 384. The largest absolute Gasteiger partial charge is 0.304 e. The standard InChI is InChI=1S/C14H20N2O/c1-12(16-8-6-15(2)7-9-16)14-5-3-4-13(10-14)11-17/h3-5,10-12H,6-9H2,1-2H3. The van der Waals surface area contributed by atoms with Crippen LogP contribution in [0.15, 0.2) is 24.3 Å². The lowest BCUT2D eigenvalue weighted by molar-refractivity contribution is 0.112. The van der Waals surface area contributed by atoms with E-state index >= 15 is 0 Å². The van der Waals surface area contributed by atoms with Crippen LogP contribution in [0.2, 0.25) is 0 Å². The van der Waals surface area contributed by atoms with Gasteiger partial charge in [-0.1, -0.05) is 18.2 Å². The summed E-state index contributed by atoms with van der Waals surface area (Å²) in [7, 11) is 2.16. The van der Waals surface area contributed by atoms with Gasteiger partial charge in [0.2, 0.25) is 0 Å². The van der Waals surface area contributed by atoms with E-state index in [0.717, 1.165) is 38.0 Å². The molecule has 0 N–H and O–H groups in total. The maximum absolute atomic E-state index is 10.8. The third-order valence-corrected chi connectivity index (χ3v) is 3.61. The minimum atomic E-state index is 0.392. The molecule has 0 radical (unpaired) electrons. The summed E-state index contributed by atoms with van der Waals surface area (Å²) in [5.41, 5.74) is 2.00.